The molecule has 5 heteroatoms. The van der Waals surface area contributed by atoms with Crippen LogP contribution in [0.5, 0.6) is 5.75 Å². The summed E-state index contributed by atoms with van der Waals surface area (Å²) in [6.07, 6.45) is 4.83. The van der Waals surface area contributed by atoms with Crippen molar-refractivity contribution in [2.24, 2.45) is 0 Å². The molecule has 1 aromatic carbocycles. The van der Waals surface area contributed by atoms with Crippen molar-refractivity contribution in [3.63, 3.8) is 0 Å². The van der Waals surface area contributed by atoms with Crippen LogP contribution in [-0.2, 0) is 4.74 Å². The van der Waals surface area contributed by atoms with E-state index in [1.165, 1.54) is 0 Å². The van der Waals surface area contributed by atoms with Crippen molar-refractivity contribution >= 4 is 23.0 Å². The van der Waals surface area contributed by atoms with E-state index in [2.05, 4.69) is 5.32 Å². The second-order valence-electron chi connectivity index (χ2n) is 6.55. The highest BCUT2D eigenvalue weighted by molar-refractivity contribution is 6.02. The maximum Gasteiger partial charge on any atom is 0.287 e. The van der Waals surface area contributed by atoms with Gasteiger partial charge >= 0.3 is 0 Å². The fourth-order valence-electron chi connectivity index (χ4n) is 2.92. The van der Waals surface area contributed by atoms with Crippen LogP contribution < -0.4 is 10.1 Å². The highest BCUT2D eigenvalue weighted by Gasteiger charge is 2.26. The number of ether oxygens (including phenoxy) is 2. The van der Waals surface area contributed by atoms with E-state index in [0.717, 1.165) is 28.7 Å². The lowest BCUT2D eigenvalue weighted by Crippen LogP contribution is -2.27. The van der Waals surface area contributed by atoms with Gasteiger partial charge in [0.25, 0.3) is 5.91 Å². The number of hydrogen-bond acceptors (Lipinski definition) is 4. The van der Waals surface area contributed by atoms with E-state index in [4.69, 9.17) is 13.9 Å². The van der Waals surface area contributed by atoms with E-state index in [1.54, 1.807) is 7.11 Å². The van der Waals surface area contributed by atoms with Gasteiger partial charge in [-0.05, 0) is 45.4 Å². The van der Waals surface area contributed by atoms with Gasteiger partial charge in [0.15, 0.2) is 5.76 Å². The Morgan fingerprint density at radius 1 is 1.33 bits per heavy atom. The molecule has 24 heavy (non-hydrogen) atoms. The number of furan rings is 1. The third-order valence-corrected chi connectivity index (χ3v) is 4.14. The first-order chi connectivity index (χ1) is 11.4. The van der Waals surface area contributed by atoms with E-state index in [0.29, 0.717) is 24.5 Å². The Hall–Kier alpha value is -2.27. The van der Waals surface area contributed by atoms with Gasteiger partial charge in [0.2, 0.25) is 0 Å². The topological polar surface area (TPSA) is 60.7 Å². The minimum Gasteiger partial charge on any atom is -0.483 e. The first-order valence-electron chi connectivity index (χ1n) is 8.14. The van der Waals surface area contributed by atoms with Gasteiger partial charge in [-0.1, -0.05) is 6.08 Å². The van der Waals surface area contributed by atoms with Gasteiger partial charge in [-0.2, -0.15) is 0 Å². The van der Waals surface area contributed by atoms with Crippen LogP contribution in [0.3, 0.4) is 0 Å². The van der Waals surface area contributed by atoms with Gasteiger partial charge in [0.05, 0.1) is 0 Å². The molecule has 5 nitrogen and oxygen atoms in total. The molecule has 0 saturated heterocycles. The lowest BCUT2D eigenvalue weighted by molar-refractivity contribution is 0.0922. The molecule has 0 spiro atoms. The molecule has 1 aromatic heterocycles. The first-order valence-corrected chi connectivity index (χ1v) is 8.14. The summed E-state index contributed by atoms with van der Waals surface area (Å²) in [6.45, 7) is 7.10. The zero-order chi connectivity index (χ0) is 17.3. The molecule has 0 radical (unpaired) electrons. The maximum atomic E-state index is 12.4. The van der Waals surface area contributed by atoms with Gasteiger partial charge in [-0.3, -0.25) is 4.79 Å². The molecule has 2 heterocycles. The highest BCUT2D eigenvalue weighted by atomic mass is 16.5. The second kappa shape index (κ2) is 6.32. The monoisotopic (exact) mass is 329 g/mol. The van der Waals surface area contributed by atoms with E-state index in [9.17, 15) is 4.79 Å². The number of carbonyl (C=O) groups excluding carboxylic acids is 1. The quantitative estimate of drug-likeness (QED) is 0.850. The summed E-state index contributed by atoms with van der Waals surface area (Å²) >= 11 is 0. The van der Waals surface area contributed by atoms with Crippen molar-refractivity contribution in [2.45, 2.75) is 32.8 Å². The van der Waals surface area contributed by atoms with Crippen molar-refractivity contribution < 1.29 is 18.7 Å². The Morgan fingerprint density at radius 2 is 2.12 bits per heavy atom. The van der Waals surface area contributed by atoms with Crippen molar-refractivity contribution in [2.75, 3.05) is 20.3 Å². The first kappa shape index (κ1) is 16.6. The number of amides is 1. The molecular weight excluding hydrogens is 306 g/mol. The summed E-state index contributed by atoms with van der Waals surface area (Å²) < 4.78 is 16.8. The molecule has 1 aliphatic rings. The van der Waals surface area contributed by atoms with Crippen LogP contribution >= 0.6 is 0 Å². The van der Waals surface area contributed by atoms with E-state index in [-0.39, 0.29) is 11.5 Å². The van der Waals surface area contributed by atoms with Crippen LogP contribution in [0.4, 0.5) is 0 Å². The van der Waals surface area contributed by atoms with Crippen LogP contribution in [0.25, 0.3) is 17.0 Å². The summed E-state index contributed by atoms with van der Waals surface area (Å²) in [5.74, 6) is 0.967. The molecule has 128 valence electrons. The number of methoxy groups -OCH3 is 1. The van der Waals surface area contributed by atoms with E-state index in [1.807, 2.05) is 45.1 Å². The number of carbonyl (C=O) groups is 1. The number of fused-ring (bicyclic) bond motifs is 3. The normalized spacial score (nSPS) is 15.2. The number of hydrogen-bond donors (Lipinski definition) is 1. The van der Waals surface area contributed by atoms with Gasteiger partial charge < -0.3 is 19.2 Å². The molecule has 0 saturated carbocycles. The number of nitrogens with one attached hydrogen (secondary N) is 1. The van der Waals surface area contributed by atoms with Gasteiger partial charge in [-0.15, -0.1) is 0 Å². The number of rotatable bonds is 5. The van der Waals surface area contributed by atoms with Crippen LogP contribution in [0.1, 0.15) is 41.9 Å². The fourth-order valence-corrected chi connectivity index (χ4v) is 2.92. The molecule has 1 amide bonds. The third kappa shape index (κ3) is 3.04. The molecule has 0 atom stereocenters. The highest BCUT2D eigenvalue weighted by Crippen LogP contribution is 2.39. The van der Waals surface area contributed by atoms with Crippen molar-refractivity contribution in [3.05, 3.63) is 35.1 Å². The lowest BCUT2D eigenvalue weighted by atomic mass is 9.98. The zero-order valence-corrected chi connectivity index (χ0v) is 14.6. The molecule has 0 unspecified atom stereocenters. The third-order valence-electron chi connectivity index (χ3n) is 4.14. The molecule has 2 aromatic rings. The average molecular weight is 329 g/mol. The molecule has 3 rings (SSSR count). The maximum absolute atomic E-state index is 12.4. The lowest BCUT2D eigenvalue weighted by Gasteiger charge is -2.28. The predicted molar refractivity (Wildman–Crippen MR) is 93.5 cm³/mol. The van der Waals surface area contributed by atoms with Crippen molar-refractivity contribution in [3.8, 4) is 5.75 Å². The Morgan fingerprint density at radius 3 is 2.88 bits per heavy atom. The van der Waals surface area contributed by atoms with E-state index >= 15 is 0 Å². The molecule has 0 fully saturated rings. The molecule has 0 aliphatic carbocycles. The van der Waals surface area contributed by atoms with Crippen LogP contribution in [0.2, 0.25) is 0 Å². The van der Waals surface area contributed by atoms with Crippen LogP contribution in [-0.4, -0.2) is 31.8 Å². The summed E-state index contributed by atoms with van der Waals surface area (Å²) in [4.78, 5) is 12.4. The van der Waals surface area contributed by atoms with E-state index < -0.39 is 0 Å². The standard InChI is InChI=1S/C19H23NO4/c1-12-16-13-8-9-19(2,3)24-14(13)6-7-15(16)23-17(12)18(21)20-10-5-11-22-4/h6-9H,5,10-11H2,1-4H3,(H,20,21). The number of aryl methyl sites for hydroxylation is 1. The van der Waals surface area contributed by atoms with Gasteiger partial charge in [0.1, 0.15) is 16.9 Å². The van der Waals surface area contributed by atoms with Gasteiger partial charge in [0, 0.05) is 36.8 Å². The minimum absolute atomic E-state index is 0.199. The van der Waals surface area contributed by atoms with Crippen molar-refractivity contribution in [1.82, 2.24) is 5.32 Å². The SMILES string of the molecule is COCCCNC(=O)c1oc2ccc3c(c2c1C)C=CC(C)(C)O3. The number of benzene rings is 1. The van der Waals surface area contributed by atoms with Crippen LogP contribution in [0.15, 0.2) is 22.6 Å². The summed E-state index contributed by atoms with van der Waals surface area (Å²) in [6, 6.07) is 3.75. The minimum atomic E-state index is -0.333. The second-order valence-corrected chi connectivity index (χ2v) is 6.55. The van der Waals surface area contributed by atoms with Crippen LogP contribution in [0, 0.1) is 6.92 Å². The predicted octanol–water partition coefficient (Wildman–Crippen LogP) is 3.69. The Bertz CT molecular complexity index is 801. The van der Waals surface area contributed by atoms with Gasteiger partial charge in [-0.25, -0.2) is 0 Å². The smallest absolute Gasteiger partial charge is 0.287 e. The summed E-state index contributed by atoms with van der Waals surface area (Å²) in [7, 11) is 1.64. The van der Waals surface area contributed by atoms with Crippen molar-refractivity contribution in [1.29, 1.82) is 0 Å². The summed E-state index contributed by atoms with van der Waals surface area (Å²) in [5, 5.41) is 3.80. The Labute approximate surface area is 141 Å². The summed E-state index contributed by atoms with van der Waals surface area (Å²) in [5.41, 5.74) is 2.16. The Balaban J connectivity index is 1.93. The Kier molecular flexibility index (Phi) is 4.37. The molecule has 1 N–H and O–H groups in total. The largest absolute Gasteiger partial charge is 0.483 e. The molecule has 1 aliphatic heterocycles. The molecule has 0 bridgehead atoms. The fraction of sp³-hybridized carbons (Fsp3) is 0.421. The molecular formula is C19H23NO4. The average Bonchev–Trinajstić information content (AvgIpc) is 2.88. The zero-order valence-electron chi connectivity index (χ0n) is 14.6.